The van der Waals surface area contributed by atoms with Gasteiger partial charge in [0.15, 0.2) is 0 Å². The number of ether oxygens (including phenoxy) is 2. The van der Waals surface area contributed by atoms with Gasteiger partial charge in [0.1, 0.15) is 0 Å². The number of benzene rings is 1. The van der Waals surface area contributed by atoms with Crippen LogP contribution in [0.15, 0.2) is 33.6 Å². The van der Waals surface area contributed by atoms with Crippen molar-refractivity contribution in [3.63, 3.8) is 0 Å². The number of halogens is 1. The molecule has 1 fully saturated rings. The molecule has 1 aliphatic heterocycles. The molecule has 0 saturated carbocycles. The molecule has 0 aromatic heterocycles. The number of hydrogen-bond acceptors (Lipinski definition) is 4. The van der Waals surface area contributed by atoms with Gasteiger partial charge in [-0.15, -0.1) is 0 Å². The molecule has 1 aromatic rings. The third-order valence-corrected chi connectivity index (χ3v) is 5.21. The van der Waals surface area contributed by atoms with Crippen molar-refractivity contribution in [2.45, 2.75) is 30.3 Å². The van der Waals surface area contributed by atoms with Crippen LogP contribution in [-0.2, 0) is 19.5 Å². The van der Waals surface area contributed by atoms with Crippen LogP contribution in [0, 0.1) is 0 Å². The fraction of sp³-hybridized carbons (Fsp3) is 0.571. The highest BCUT2D eigenvalue weighted by Crippen LogP contribution is 2.14. The summed E-state index contributed by atoms with van der Waals surface area (Å²) in [5.41, 5.74) is 0. The van der Waals surface area contributed by atoms with E-state index in [1.807, 2.05) is 0 Å². The Hall–Kier alpha value is -0.470. The Morgan fingerprint density at radius 2 is 2.10 bits per heavy atom. The fourth-order valence-electron chi connectivity index (χ4n) is 2.07. The lowest BCUT2D eigenvalue weighted by molar-refractivity contribution is 0.0169. The van der Waals surface area contributed by atoms with E-state index in [1.165, 1.54) is 0 Å². The molecule has 0 bridgehead atoms. The summed E-state index contributed by atoms with van der Waals surface area (Å²) in [5.74, 6) is 0. The summed E-state index contributed by atoms with van der Waals surface area (Å²) >= 11 is 3.28. The molecule has 1 unspecified atom stereocenters. The highest BCUT2D eigenvalue weighted by molar-refractivity contribution is 9.10. The Bertz CT molecular complexity index is 526. The van der Waals surface area contributed by atoms with E-state index < -0.39 is 10.0 Å². The number of sulfonamides is 1. The van der Waals surface area contributed by atoms with Crippen molar-refractivity contribution < 1.29 is 17.9 Å². The van der Waals surface area contributed by atoms with Gasteiger partial charge in [0.05, 0.1) is 17.6 Å². The van der Waals surface area contributed by atoms with E-state index in [1.54, 1.807) is 24.3 Å². The maximum absolute atomic E-state index is 12.0. The normalized spacial score (nSPS) is 19.0. The zero-order valence-corrected chi connectivity index (χ0v) is 14.2. The second-order valence-electron chi connectivity index (χ2n) is 4.92. The average molecular weight is 378 g/mol. The van der Waals surface area contributed by atoms with Crippen molar-refractivity contribution in [3.05, 3.63) is 28.7 Å². The molecule has 1 saturated heterocycles. The van der Waals surface area contributed by atoms with Crippen LogP contribution in [0.25, 0.3) is 0 Å². The maximum Gasteiger partial charge on any atom is 0.240 e. The zero-order valence-electron chi connectivity index (χ0n) is 11.8. The van der Waals surface area contributed by atoms with E-state index in [4.69, 9.17) is 9.47 Å². The fourth-order valence-corrected chi connectivity index (χ4v) is 3.41. The molecular formula is C14H20BrNO4S. The summed E-state index contributed by atoms with van der Waals surface area (Å²) < 4.78 is 38.3. The first-order valence-electron chi connectivity index (χ1n) is 7.02. The minimum Gasteiger partial charge on any atom is -0.379 e. The lowest BCUT2D eigenvalue weighted by Gasteiger charge is -2.10. The molecule has 0 spiro atoms. The SMILES string of the molecule is O=S(=O)(NCCCOCC1CCCO1)c1ccc(Br)cc1. The first kappa shape index (κ1) is 16.9. The van der Waals surface area contributed by atoms with E-state index in [2.05, 4.69) is 20.7 Å². The van der Waals surface area contributed by atoms with Gasteiger partial charge in [-0.2, -0.15) is 0 Å². The van der Waals surface area contributed by atoms with Crippen LogP contribution in [0.3, 0.4) is 0 Å². The quantitative estimate of drug-likeness (QED) is 0.706. The highest BCUT2D eigenvalue weighted by atomic mass is 79.9. The van der Waals surface area contributed by atoms with E-state index in [0.29, 0.717) is 26.2 Å². The van der Waals surface area contributed by atoms with E-state index in [-0.39, 0.29) is 11.0 Å². The molecule has 1 N–H and O–H groups in total. The lowest BCUT2D eigenvalue weighted by Crippen LogP contribution is -2.26. The summed E-state index contributed by atoms with van der Waals surface area (Å²) in [5, 5.41) is 0. The zero-order chi connectivity index (χ0) is 15.1. The molecular weight excluding hydrogens is 358 g/mol. The topological polar surface area (TPSA) is 64.6 Å². The van der Waals surface area contributed by atoms with E-state index in [0.717, 1.165) is 23.9 Å². The predicted octanol–water partition coefficient (Wildman–Crippen LogP) is 2.31. The van der Waals surface area contributed by atoms with Gasteiger partial charge in [0.25, 0.3) is 0 Å². The van der Waals surface area contributed by atoms with Crippen molar-refractivity contribution in [2.24, 2.45) is 0 Å². The van der Waals surface area contributed by atoms with Gasteiger partial charge >= 0.3 is 0 Å². The molecule has 0 amide bonds. The van der Waals surface area contributed by atoms with Crippen molar-refractivity contribution in [1.29, 1.82) is 0 Å². The number of nitrogens with one attached hydrogen (secondary N) is 1. The highest BCUT2D eigenvalue weighted by Gasteiger charge is 2.15. The molecule has 1 atom stereocenters. The van der Waals surface area contributed by atoms with Gasteiger partial charge in [-0.3, -0.25) is 0 Å². The minimum atomic E-state index is -3.43. The average Bonchev–Trinajstić information content (AvgIpc) is 2.96. The van der Waals surface area contributed by atoms with Gasteiger partial charge in [0.2, 0.25) is 10.0 Å². The number of hydrogen-bond donors (Lipinski definition) is 1. The van der Waals surface area contributed by atoms with Gasteiger partial charge < -0.3 is 9.47 Å². The standard InChI is InChI=1S/C14H20BrNO4S/c15-12-4-6-14(7-5-12)21(17,18)16-8-2-9-19-11-13-3-1-10-20-13/h4-7,13,16H,1-3,8-11H2. The molecule has 0 aliphatic carbocycles. The molecule has 1 aliphatic rings. The Balaban J connectivity index is 1.64. The monoisotopic (exact) mass is 377 g/mol. The van der Waals surface area contributed by atoms with Crippen LogP contribution in [0.4, 0.5) is 0 Å². The van der Waals surface area contributed by atoms with Crippen LogP contribution in [0.5, 0.6) is 0 Å². The van der Waals surface area contributed by atoms with Crippen molar-refractivity contribution in [3.8, 4) is 0 Å². The second kappa shape index (κ2) is 8.24. The molecule has 0 radical (unpaired) electrons. The third-order valence-electron chi connectivity index (χ3n) is 3.21. The lowest BCUT2D eigenvalue weighted by atomic mass is 10.2. The van der Waals surface area contributed by atoms with Gasteiger partial charge in [-0.25, -0.2) is 13.1 Å². The molecule has 118 valence electrons. The van der Waals surface area contributed by atoms with Crippen molar-refractivity contribution in [2.75, 3.05) is 26.4 Å². The summed E-state index contributed by atoms with van der Waals surface area (Å²) in [4.78, 5) is 0.269. The smallest absolute Gasteiger partial charge is 0.240 e. The second-order valence-corrected chi connectivity index (χ2v) is 7.60. The van der Waals surface area contributed by atoms with Crippen LogP contribution in [-0.4, -0.2) is 40.9 Å². The summed E-state index contributed by atoms with van der Waals surface area (Å²) in [7, 11) is -3.43. The molecule has 21 heavy (non-hydrogen) atoms. The Morgan fingerprint density at radius 1 is 1.33 bits per heavy atom. The minimum absolute atomic E-state index is 0.212. The first-order chi connectivity index (χ1) is 10.1. The number of rotatable bonds is 8. The predicted molar refractivity (Wildman–Crippen MR) is 83.7 cm³/mol. The molecule has 2 rings (SSSR count). The molecule has 5 nitrogen and oxygen atoms in total. The summed E-state index contributed by atoms with van der Waals surface area (Å²) in [6, 6.07) is 6.55. The van der Waals surface area contributed by atoms with Crippen LogP contribution in [0.2, 0.25) is 0 Å². The van der Waals surface area contributed by atoms with Gasteiger partial charge in [0, 0.05) is 24.2 Å². The Labute approximate surface area is 134 Å². The Morgan fingerprint density at radius 3 is 2.76 bits per heavy atom. The molecule has 1 heterocycles. The first-order valence-corrected chi connectivity index (χ1v) is 9.30. The van der Waals surface area contributed by atoms with Gasteiger partial charge in [-0.05, 0) is 43.5 Å². The maximum atomic E-state index is 12.0. The van der Waals surface area contributed by atoms with Gasteiger partial charge in [-0.1, -0.05) is 15.9 Å². The largest absolute Gasteiger partial charge is 0.379 e. The van der Waals surface area contributed by atoms with Crippen molar-refractivity contribution >= 4 is 26.0 Å². The van der Waals surface area contributed by atoms with Crippen molar-refractivity contribution in [1.82, 2.24) is 4.72 Å². The van der Waals surface area contributed by atoms with Crippen LogP contribution < -0.4 is 4.72 Å². The summed E-state index contributed by atoms with van der Waals surface area (Å²) in [6.45, 7) is 2.31. The third kappa shape index (κ3) is 5.67. The van der Waals surface area contributed by atoms with E-state index in [9.17, 15) is 8.42 Å². The van der Waals surface area contributed by atoms with E-state index >= 15 is 0 Å². The van der Waals surface area contributed by atoms with Crippen LogP contribution in [0.1, 0.15) is 19.3 Å². The van der Waals surface area contributed by atoms with Crippen LogP contribution >= 0.6 is 15.9 Å². The molecule has 7 heteroatoms. The molecule has 1 aromatic carbocycles. The Kier molecular flexibility index (Phi) is 6.63. The summed E-state index contributed by atoms with van der Waals surface area (Å²) in [6.07, 6.45) is 3.00.